The van der Waals surface area contributed by atoms with Gasteiger partial charge >= 0.3 is 0 Å². The van der Waals surface area contributed by atoms with E-state index in [9.17, 15) is 0 Å². The van der Waals surface area contributed by atoms with Gasteiger partial charge in [-0.05, 0) is 40.7 Å². The summed E-state index contributed by atoms with van der Waals surface area (Å²) in [7, 11) is 0. The molecule has 1 aliphatic carbocycles. The van der Waals surface area contributed by atoms with Crippen LogP contribution in [-0.4, -0.2) is 0 Å². The monoisotopic (exact) mass is 295 g/mol. The van der Waals surface area contributed by atoms with E-state index in [-0.39, 0.29) is 0 Å². The second kappa shape index (κ2) is 6.26. The standard InChI is InChI=1S/C23H19/c1-3-9-18(10-4-1)15-21-17-20-13-7-8-14-22(20)23(21)16-19-11-5-2-6-12-19/h1-14,17H,15-16H2. The minimum absolute atomic E-state index is 0.997. The van der Waals surface area contributed by atoms with E-state index >= 15 is 0 Å². The maximum atomic E-state index is 2.36. The maximum absolute atomic E-state index is 2.36. The van der Waals surface area contributed by atoms with Gasteiger partial charge in [-0.15, -0.1) is 0 Å². The van der Waals surface area contributed by atoms with Gasteiger partial charge in [0.05, 0.1) is 0 Å². The van der Waals surface area contributed by atoms with Gasteiger partial charge < -0.3 is 0 Å². The highest BCUT2D eigenvalue weighted by Gasteiger charge is 2.21. The van der Waals surface area contributed by atoms with Gasteiger partial charge in [-0.3, -0.25) is 0 Å². The molecule has 3 aromatic rings. The van der Waals surface area contributed by atoms with Gasteiger partial charge in [0.15, 0.2) is 0 Å². The van der Waals surface area contributed by atoms with Gasteiger partial charge in [-0.2, -0.15) is 0 Å². The molecule has 111 valence electrons. The lowest BCUT2D eigenvalue weighted by atomic mass is 9.95. The predicted octanol–water partition coefficient (Wildman–Crippen LogP) is 5.49. The number of hydrogen-bond acceptors (Lipinski definition) is 0. The molecule has 23 heavy (non-hydrogen) atoms. The molecule has 0 aromatic heterocycles. The van der Waals surface area contributed by atoms with Gasteiger partial charge in [0.2, 0.25) is 0 Å². The Morgan fingerprint density at radius 2 is 1.09 bits per heavy atom. The fourth-order valence-electron chi connectivity index (χ4n) is 3.33. The maximum Gasteiger partial charge on any atom is 0.0170 e. The first-order valence-corrected chi connectivity index (χ1v) is 8.14. The van der Waals surface area contributed by atoms with Crippen molar-refractivity contribution in [2.45, 2.75) is 12.8 Å². The van der Waals surface area contributed by atoms with Crippen LogP contribution in [-0.2, 0) is 12.8 Å². The quantitative estimate of drug-likeness (QED) is 0.597. The van der Waals surface area contributed by atoms with E-state index in [2.05, 4.69) is 91.3 Å². The molecule has 1 radical (unpaired) electrons. The summed E-state index contributed by atoms with van der Waals surface area (Å²) in [5.74, 6) is 0. The summed E-state index contributed by atoms with van der Waals surface area (Å²) >= 11 is 0. The van der Waals surface area contributed by atoms with Crippen molar-refractivity contribution in [3.63, 3.8) is 0 Å². The van der Waals surface area contributed by atoms with Gasteiger partial charge in [0.1, 0.15) is 0 Å². The lowest BCUT2D eigenvalue weighted by Crippen LogP contribution is -1.94. The lowest BCUT2D eigenvalue weighted by Gasteiger charge is -2.09. The van der Waals surface area contributed by atoms with Crippen LogP contribution in [0.5, 0.6) is 0 Å². The summed E-state index contributed by atoms with van der Waals surface area (Å²) in [6.07, 6.45) is 4.36. The zero-order valence-corrected chi connectivity index (χ0v) is 13.1. The molecular weight excluding hydrogens is 276 g/mol. The molecule has 4 rings (SSSR count). The summed E-state index contributed by atoms with van der Waals surface area (Å²) in [6, 6.07) is 30.2. The van der Waals surface area contributed by atoms with Crippen molar-refractivity contribution >= 4 is 5.57 Å². The lowest BCUT2D eigenvalue weighted by molar-refractivity contribution is 1.16. The molecule has 0 heterocycles. The number of fused-ring (bicyclic) bond motifs is 1. The highest BCUT2D eigenvalue weighted by molar-refractivity contribution is 5.82. The Morgan fingerprint density at radius 3 is 1.78 bits per heavy atom. The Balaban J connectivity index is 1.71. The number of allylic oxidation sites excluding steroid dienone is 2. The van der Waals surface area contributed by atoms with Crippen LogP contribution in [0.4, 0.5) is 0 Å². The van der Waals surface area contributed by atoms with Crippen molar-refractivity contribution in [1.29, 1.82) is 0 Å². The highest BCUT2D eigenvalue weighted by atomic mass is 14.2. The molecule has 0 atom stereocenters. The highest BCUT2D eigenvalue weighted by Crippen LogP contribution is 2.37. The molecule has 0 fully saturated rings. The third-order valence-electron chi connectivity index (χ3n) is 4.46. The number of benzene rings is 3. The van der Waals surface area contributed by atoms with E-state index in [1.165, 1.54) is 33.4 Å². The average molecular weight is 295 g/mol. The Hall–Kier alpha value is -2.60. The zero-order chi connectivity index (χ0) is 15.5. The molecule has 0 saturated heterocycles. The summed E-state index contributed by atoms with van der Waals surface area (Å²) in [5.41, 5.74) is 8.40. The second-order valence-corrected chi connectivity index (χ2v) is 6.06. The van der Waals surface area contributed by atoms with Crippen molar-refractivity contribution in [2.24, 2.45) is 0 Å². The van der Waals surface area contributed by atoms with Crippen molar-refractivity contribution in [3.8, 4) is 0 Å². The van der Waals surface area contributed by atoms with Gasteiger partial charge in [-0.25, -0.2) is 0 Å². The van der Waals surface area contributed by atoms with Crippen molar-refractivity contribution in [2.75, 3.05) is 0 Å². The van der Waals surface area contributed by atoms with E-state index in [1.807, 2.05) is 0 Å². The molecule has 0 unspecified atom stereocenters. The van der Waals surface area contributed by atoms with Crippen LogP contribution in [0.15, 0.2) is 90.5 Å². The summed E-state index contributed by atoms with van der Waals surface area (Å²) < 4.78 is 0. The minimum atomic E-state index is 0.997. The molecule has 0 amide bonds. The molecule has 0 aliphatic heterocycles. The van der Waals surface area contributed by atoms with Crippen LogP contribution < -0.4 is 0 Å². The van der Waals surface area contributed by atoms with Crippen molar-refractivity contribution in [1.82, 2.24) is 0 Å². The topological polar surface area (TPSA) is 0 Å². The van der Waals surface area contributed by atoms with E-state index in [0.717, 1.165) is 12.8 Å². The van der Waals surface area contributed by atoms with Crippen LogP contribution in [0.1, 0.15) is 22.3 Å². The molecule has 0 spiro atoms. The largest absolute Gasteiger partial charge is 0.0622 e. The SMILES string of the molecule is [CH]1C(Cc2ccccc2)=C(Cc2ccccc2)c2ccccc21. The molecule has 0 nitrogen and oxygen atoms in total. The fraction of sp³-hybridized carbons (Fsp3) is 0.0870. The fourth-order valence-corrected chi connectivity index (χ4v) is 3.33. The van der Waals surface area contributed by atoms with Crippen molar-refractivity contribution in [3.05, 3.63) is 119 Å². The predicted molar refractivity (Wildman–Crippen MR) is 97.1 cm³/mol. The van der Waals surface area contributed by atoms with Gasteiger partial charge in [0, 0.05) is 6.42 Å². The zero-order valence-electron chi connectivity index (χ0n) is 13.1. The number of hydrogen-bond donors (Lipinski definition) is 0. The van der Waals surface area contributed by atoms with E-state index in [1.54, 1.807) is 0 Å². The third-order valence-corrected chi connectivity index (χ3v) is 4.46. The Morgan fingerprint density at radius 1 is 0.522 bits per heavy atom. The Kier molecular flexibility index (Phi) is 3.81. The second-order valence-electron chi connectivity index (χ2n) is 6.06. The molecule has 0 saturated carbocycles. The molecular formula is C23H19. The van der Waals surface area contributed by atoms with Crippen LogP contribution >= 0.6 is 0 Å². The molecule has 0 bridgehead atoms. The smallest absolute Gasteiger partial charge is 0.0170 e. The van der Waals surface area contributed by atoms with E-state index in [0.29, 0.717) is 0 Å². The van der Waals surface area contributed by atoms with Gasteiger partial charge in [-0.1, -0.05) is 90.5 Å². The van der Waals surface area contributed by atoms with Gasteiger partial charge in [0.25, 0.3) is 0 Å². The first-order valence-electron chi connectivity index (χ1n) is 8.14. The van der Waals surface area contributed by atoms with Crippen molar-refractivity contribution < 1.29 is 0 Å². The Bertz CT molecular complexity index is 826. The summed E-state index contributed by atoms with van der Waals surface area (Å²) in [4.78, 5) is 0. The molecule has 1 aliphatic rings. The minimum Gasteiger partial charge on any atom is -0.0622 e. The average Bonchev–Trinajstić information content (AvgIpc) is 2.94. The van der Waals surface area contributed by atoms with Crippen LogP contribution in [0.2, 0.25) is 0 Å². The molecule has 3 aromatic carbocycles. The Labute approximate surface area is 138 Å². The summed E-state index contributed by atoms with van der Waals surface area (Å²) in [6.45, 7) is 0. The third kappa shape index (κ3) is 2.98. The summed E-state index contributed by atoms with van der Waals surface area (Å²) in [5, 5.41) is 0. The van der Waals surface area contributed by atoms with E-state index < -0.39 is 0 Å². The molecule has 0 heteroatoms. The molecule has 0 N–H and O–H groups in total. The van der Waals surface area contributed by atoms with Crippen LogP contribution in [0.25, 0.3) is 5.57 Å². The van der Waals surface area contributed by atoms with Crippen LogP contribution in [0.3, 0.4) is 0 Å². The first kappa shape index (κ1) is 14.0. The van der Waals surface area contributed by atoms with Crippen LogP contribution in [0, 0.1) is 6.42 Å². The van der Waals surface area contributed by atoms with E-state index in [4.69, 9.17) is 0 Å². The first-order chi connectivity index (χ1) is 11.4. The normalized spacial score (nSPS) is 13.2. The number of rotatable bonds is 4.